The first kappa shape index (κ1) is 19.1. The number of fused-ring (bicyclic) bond motifs is 1. The first-order chi connectivity index (χ1) is 12.3. The molecule has 2 heterocycles. The lowest BCUT2D eigenvalue weighted by molar-refractivity contribution is -0.148. The minimum Gasteiger partial charge on any atom is -0.494 e. The quantitative estimate of drug-likeness (QED) is 0.764. The van der Waals surface area contributed by atoms with E-state index in [-0.39, 0.29) is 24.8 Å². The van der Waals surface area contributed by atoms with Gasteiger partial charge in [-0.15, -0.1) is 0 Å². The molecule has 0 aromatic heterocycles. The number of ether oxygens (including phenoxy) is 1. The molecule has 0 radical (unpaired) electrons. The molecule has 0 aliphatic carbocycles. The lowest BCUT2D eigenvalue weighted by atomic mass is 9.81. The third-order valence-corrected chi connectivity index (χ3v) is 7.24. The molecule has 0 unspecified atom stereocenters. The van der Waals surface area contributed by atoms with Gasteiger partial charge in [0.2, 0.25) is 10.0 Å². The van der Waals surface area contributed by atoms with Gasteiger partial charge in [0.1, 0.15) is 5.75 Å². The maximum absolute atomic E-state index is 12.2. The lowest BCUT2D eigenvalue weighted by Gasteiger charge is -2.25. The second kappa shape index (κ2) is 7.17. The third kappa shape index (κ3) is 3.45. The van der Waals surface area contributed by atoms with E-state index < -0.39 is 21.4 Å². The van der Waals surface area contributed by atoms with Crippen LogP contribution in [0.1, 0.15) is 19.4 Å². The molecule has 2 atom stereocenters. The number of nitrogens with zero attached hydrogens (tertiary/aromatic N) is 2. The summed E-state index contributed by atoms with van der Waals surface area (Å²) in [5.41, 5.74) is 0.0502. The fraction of sp³-hybridized carbons (Fsp3) is 0.611. The Hall–Kier alpha value is -1.64. The van der Waals surface area contributed by atoms with Crippen LogP contribution in [0.5, 0.6) is 5.75 Å². The molecule has 0 spiro atoms. The van der Waals surface area contributed by atoms with Crippen LogP contribution in [0.4, 0.5) is 0 Å². The van der Waals surface area contributed by atoms with Crippen molar-refractivity contribution < 1.29 is 23.1 Å². The Morgan fingerprint density at radius 1 is 1.31 bits per heavy atom. The smallest absolute Gasteiger partial charge is 0.312 e. The lowest BCUT2D eigenvalue weighted by Crippen LogP contribution is -2.42. The fourth-order valence-corrected chi connectivity index (χ4v) is 5.30. The van der Waals surface area contributed by atoms with Crippen molar-refractivity contribution in [3.8, 4) is 5.75 Å². The van der Waals surface area contributed by atoms with Crippen LogP contribution in [0, 0.1) is 11.3 Å². The maximum Gasteiger partial charge on any atom is 0.312 e. The summed E-state index contributed by atoms with van der Waals surface area (Å²) in [5.74, 6) is -0.278. The summed E-state index contributed by atoms with van der Waals surface area (Å²) in [5, 5.41) is 9.86. The van der Waals surface area contributed by atoms with Crippen molar-refractivity contribution in [1.82, 2.24) is 9.21 Å². The summed E-state index contributed by atoms with van der Waals surface area (Å²) in [7, 11) is -3.36. The molecule has 1 N–H and O–H groups in total. The zero-order valence-electron chi connectivity index (χ0n) is 15.2. The second-order valence-electron chi connectivity index (χ2n) is 7.10. The van der Waals surface area contributed by atoms with E-state index in [0.29, 0.717) is 26.2 Å². The Balaban J connectivity index is 1.74. The molecule has 0 saturated carbocycles. The largest absolute Gasteiger partial charge is 0.494 e. The summed E-state index contributed by atoms with van der Waals surface area (Å²) in [4.78, 5) is 14.1. The number of aliphatic carboxylic acids is 1. The number of carboxylic acids is 1. The van der Waals surface area contributed by atoms with E-state index in [1.54, 1.807) is 6.92 Å². The van der Waals surface area contributed by atoms with E-state index in [1.165, 1.54) is 4.31 Å². The van der Waals surface area contributed by atoms with Crippen molar-refractivity contribution in [3.63, 3.8) is 0 Å². The Morgan fingerprint density at radius 3 is 2.69 bits per heavy atom. The van der Waals surface area contributed by atoms with E-state index in [0.717, 1.165) is 11.3 Å². The molecule has 8 heteroatoms. The number of carboxylic acid groups (broad SMARTS) is 1. The minimum absolute atomic E-state index is 0.00333. The van der Waals surface area contributed by atoms with Crippen molar-refractivity contribution in [1.29, 1.82) is 0 Å². The highest BCUT2D eigenvalue weighted by Gasteiger charge is 2.59. The van der Waals surface area contributed by atoms with Gasteiger partial charge in [0.05, 0.1) is 17.8 Å². The summed E-state index contributed by atoms with van der Waals surface area (Å²) in [6.07, 6.45) is 0. The number of carbonyl (C=O) groups is 1. The maximum atomic E-state index is 12.2. The van der Waals surface area contributed by atoms with E-state index in [2.05, 4.69) is 4.90 Å². The van der Waals surface area contributed by atoms with Gasteiger partial charge in [-0.05, 0) is 31.5 Å². The van der Waals surface area contributed by atoms with E-state index >= 15 is 0 Å². The van der Waals surface area contributed by atoms with Gasteiger partial charge >= 0.3 is 5.97 Å². The number of sulfonamides is 1. The van der Waals surface area contributed by atoms with E-state index in [9.17, 15) is 18.3 Å². The van der Waals surface area contributed by atoms with Crippen LogP contribution in [-0.2, 0) is 21.4 Å². The fourth-order valence-electron chi connectivity index (χ4n) is 4.10. The van der Waals surface area contributed by atoms with Crippen LogP contribution in [0.3, 0.4) is 0 Å². The predicted octanol–water partition coefficient (Wildman–Crippen LogP) is 1.25. The molecule has 0 amide bonds. The van der Waals surface area contributed by atoms with E-state index in [4.69, 9.17) is 4.74 Å². The minimum atomic E-state index is -3.36. The molecular weight excluding hydrogens is 356 g/mol. The van der Waals surface area contributed by atoms with Crippen molar-refractivity contribution in [2.24, 2.45) is 11.3 Å². The van der Waals surface area contributed by atoms with Crippen molar-refractivity contribution >= 4 is 16.0 Å². The molecule has 1 aromatic rings. The zero-order chi connectivity index (χ0) is 18.9. The summed E-state index contributed by atoms with van der Waals surface area (Å²) in [6.45, 7) is 6.06. The monoisotopic (exact) mass is 382 g/mol. The SMILES string of the molecule is CCOc1cccc(CN2C[C@@H]3CN(S(=O)(=O)CC)C[C@]3(C(=O)O)C2)c1. The Bertz CT molecular complexity index is 782. The topological polar surface area (TPSA) is 87.2 Å². The molecule has 7 nitrogen and oxygen atoms in total. The molecule has 144 valence electrons. The van der Waals surface area contributed by atoms with Crippen molar-refractivity contribution in [2.45, 2.75) is 20.4 Å². The Morgan fingerprint density at radius 2 is 2.08 bits per heavy atom. The van der Waals surface area contributed by atoms with Crippen LogP contribution in [0.15, 0.2) is 24.3 Å². The van der Waals surface area contributed by atoms with E-state index in [1.807, 2.05) is 31.2 Å². The summed E-state index contributed by atoms with van der Waals surface area (Å²) < 4.78 is 31.2. The standard InChI is InChI=1S/C18H26N2O5S/c1-3-25-16-7-5-6-14(8-16)9-19-10-15-11-20(26(23,24)4-2)13-18(15,12-19)17(21)22/h5-8,15H,3-4,9-13H2,1-2H3,(H,21,22)/t15-,18-/m1/s1. The molecular formula is C18H26N2O5S. The van der Waals surface area contributed by atoms with Gasteiger partial charge in [-0.1, -0.05) is 12.1 Å². The highest BCUT2D eigenvalue weighted by molar-refractivity contribution is 7.89. The third-order valence-electron chi connectivity index (χ3n) is 5.45. The number of rotatable bonds is 7. The van der Waals surface area contributed by atoms with Crippen LogP contribution in [0.2, 0.25) is 0 Å². The molecule has 1 aromatic carbocycles. The van der Waals surface area contributed by atoms with Gasteiger partial charge < -0.3 is 9.84 Å². The number of hydrogen-bond donors (Lipinski definition) is 1. The highest BCUT2D eigenvalue weighted by Crippen LogP contribution is 2.44. The molecule has 2 aliphatic rings. The van der Waals surface area contributed by atoms with Gasteiger partial charge in [-0.3, -0.25) is 9.69 Å². The molecule has 2 fully saturated rings. The second-order valence-corrected chi connectivity index (χ2v) is 9.36. The highest BCUT2D eigenvalue weighted by atomic mass is 32.2. The van der Waals surface area contributed by atoms with Crippen molar-refractivity contribution in [3.05, 3.63) is 29.8 Å². The Kier molecular flexibility index (Phi) is 5.28. The average Bonchev–Trinajstić information content (AvgIpc) is 3.11. The normalized spacial score (nSPS) is 26.8. The van der Waals surface area contributed by atoms with Gasteiger partial charge in [-0.25, -0.2) is 12.7 Å². The summed E-state index contributed by atoms with van der Waals surface area (Å²) >= 11 is 0. The molecule has 2 saturated heterocycles. The van der Waals surface area contributed by atoms with Crippen LogP contribution in [-0.4, -0.2) is 67.2 Å². The van der Waals surface area contributed by atoms with Gasteiger partial charge in [0.25, 0.3) is 0 Å². The zero-order valence-corrected chi connectivity index (χ0v) is 16.0. The number of hydrogen-bond acceptors (Lipinski definition) is 5. The van der Waals surface area contributed by atoms with Gasteiger partial charge in [0, 0.05) is 38.6 Å². The molecule has 26 heavy (non-hydrogen) atoms. The van der Waals surface area contributed by atoms with Crippen LogP contribution < -0.4 is 4.74 Å². The van der Waals surface area contributed by atoms with Gasteiger partial charge in [0.15, 0.2) is 0 Å². The first-order valence-corrected chi connectivity index (χ1v) is 10.6. The average molecular weight is 382 g/mol. The predicted molar refractivity (Wildman–Crippen MR) is 97.5 cm³/mol. The van der Waals surface area contributed by atoms with Gasteiger partial charge in [-0.2, -0.15) is 0 Å². The van der Waals surface area contributed by atoms with Crippen LogP contribution in [0.25, 0.3) is 0 Å². The molecule has 0 bridgehead atoms. The molecule has 3 rings (SSSR count). The van der Waals surface area contributed by atoms with Crippen LogP contribution >= 0.6 is 0 Å². The Labute approximate surface area is 154 Å². The summed E-state index contributed by atoms with van der Waals surface area (Å²) in [6, 6.07) is 7.80. The first-order valence-electron chi connectivity index (χ1n) is 8.96. The number of likely N-dealkylation sites (tertiary alicyclic amines) is 1. The van der Waals surface area contributed by atoms with Crippen molar-refractivity contribution in [2.75, 3.05) is 38.5 Å². The molecule has 2 aliphatic heterocycles. The number of benzene rings is 1.